The van der Waals surface area contributed by atoms with Gasteiger partial charge in [0.15, 0.2) is 0 Å². The van der Waals surface area contributed by atoms with E-state index in [0.29, 0.717) is 4.57 Å². The van der Waals surface area contributed by atoms with Crippen LogP contribution in [0.15, 0.2) is 15.8 Å². The molecule has 2 N–H and O–H groups in total. The van der Waals surface area contributed by atoms with Crippen LogP contribution < -0.4 is 17.0 Å². The van der Waals surface area contributed by atoms with Gasteiger partial charge < -0.3 is 15.0 Å². The molecule has 0 radical (unpaired) electrons. The SMILES string of the molecule is Cn1cc(N)c(=O)n(COCC(F)(F)F)c1=O. The van der Waals surface area contributed by atoms with Crippen molar-refractivity contribution in [3.63, 3.8) is 0 Å². The molecule has 0 atom stereocenters. The molecule has 0 aromatic carbocycles. The average molecular weight is 253 g/mol. The van der Waals surface area contributed by atoms with Gasteiger partial charge in [-0.05, 0) is 0 Å². The fourth-order valence-corrected chi connectivity index (χ4v) is 1.12. The van der Waals surface area contributed by atoms with Crippen molar-refractivity contribution in [2.75, 3.05) is 12.3 Å². The van der Waals surface area contributed by atoms with Crippen molar-refractivity contribution in [2.24, 2.45) is 7.05 Å². The molecule has 0 fully saturated rings. The number of rotatable bonds is 3. The first-order valence-corrected chi connectivity index (χ1v) is 4.43. The maximum Gasteiger partial charge on any atom is 0.411 e. The van der Waals surface area contributed by atoms with E-state index in [1.165, 1.54) is 7.05 Å². The topological polar surface area (TPSA) is 79.2 Å². The standard InChI is InChI=1S/C8H10F3N3O3/c1-13-2-5(12)6(15)14(7(13)16)4-17-3-8(9,10)11/h2H,3-4,12H2,1H3. The molecule has 6 nitrogen and oxygen atoms in total. The molecule has 0 aliphatic heterocycles. The summed E-state index contributed by atoms with van der Waals surface area (Å²) in [5, 5.41) is 0. The van der Waals surface area contributed by atoms with Gasteiger partial charge in [0.2, 0.25) is 0 Å². The average Bonchev–Trinajstić information content (AvgIpc) is 2.19. The number of hydrogen-bond acceptors (Lipinski definition) is 4. The van der Waals surface area contributed by atoms with Gasteiger partial charge >= 0.3 is 11.9 Å². The summed E-state index contributed by atoms with van der Waals surface area (Å²) in [5.74, 6) is 0. The van der Waals surface area contributed by atoms with E-state index in [1.807, 2.05) is 0 Å². The molecule has 9 heteroatoms. The highest BCUT2D eigenvalue weighted by Crippen LogP contribution is 2.14. The van der Waals surface area contributed by atoms with E-state index in [9.17, 15) is 22.8 Å². The maximum atomic E-state index is 11.8. The third-order valence-corrected chi connectivity index (χ3v) is 1.84. The van der Waals surface area contributed by atoms with Crippen LogP contribution in [0.5, 0.6) is 0 Å². The predicted molar refractivity (Wildman–Crippen MR) is 52.4 cm³/mol. The largest absolute Gasteiger partial charge is 0.411 e. The molecule has 17 heavy (non-hydrogen) atoms. The molecule has 0 aliphatic carbocycles. The van der Waals surface area contributed by atoms with Gasteiger partial charge in [0.05, 0.1) is 0 Å². The molecule has 96 valence electrons. The van der Waals surface area contributed by atoms with Gasteiger partial charge in [-0.25, -0.2) is 9.36 Å². The van der Waals surface area contributed by atoms with Gasteiger partial charge in [0.25, 0.3) is 5.56 Å². The number of alkyl halides is 3. The van der Waals surface area contributed by atoms with Crippen molar-refractivity contribution in [1.82, 2.24) is 9.13 Å². The Morgan fingerprint density at radius 1 is 1.41 bits per heavy atom. The van der Waals surface area contributed by atoms with Crippen molar-refractivity contribution in [3.05, 3.63) is 27.0 Å². The van der Waals surface area contributed by atoms with Gasteiger partial charge in [-0.2, -0.15) is 13.2 Å². The second kappa shape index (κ2) is 4.62. The zero-order chi connectivity index (χ0) is 13.2. The number of nitrogens with zero attached hydrogens (tertiary/aromatic N) is 2. The normalized spacial score (nSPS) is 11.8. The first-order chi connectivity index (χ1) is 7.72. The quantitative estimate of drug-likeness (QED) is 0.799. The van der Waals surface area contributed by atoms with Crippen LogP contribution in [0.3, 0.4) is 0 Å². The van der Waals surface area contributed by atoms with E-state index < -0.39 is 30.8 Å². The summed E-state index contributed by atoms with van der Waals surface area (Å²) < 4.78 is 41.1. The highest BCUT2D eigenvalue weighted by atomic mass is 19.4. The van der Waals surface area contributed by atoms with Gasteiger partial charge in [-0.1, -0.05) is 0 Å². The third kappa shape index (κ3) is 3.34. The molecule has 0 saturated carbocycles. The van der Waals surface area contributed by atoms with Crippen molar-refractivity contribution in [1.29, 1.82) is 0 Å². The van der Waals surface area contributed by atoms with Crippen LogP contribution >= 0.6 is 0 Å². The molecule has 0 saturated heterocycles. The Balaban J connectivity index is 2.92. The van der Waals surface area contributed by atoms with E-state index >= 15 is 0 Å². The van der Waals surface area contributed by atoms with E-state index in [0.717, 1.165) is 10.8 Å². The summed E-state index contributed by atoms with van der Waals surface area (Å²) in [6.45, 7) is -2.34. The summed E-state index contributed by atoms with van der Waals surface area (Å²) in [6.07, 6.45) is -3.43. The minimum Gasteiger partial charge on any atom is -0.393 e. The summed E-state index contributed by atoms with van der Waals surface area (Å²) in [6, 6.07) is 0. The highest BCUT2D eigenvalue weighted by molar-refractivity contribution is 5.30. The van der Waals surface area contributed by atoms with Gasteiger partial charge in [-0.15, -0.1) is 0 Å². The van der Waals surface area contributed by atoms with Crippen molar-refractivity contribution < 1.29 is 17.9 Å². The van der Waals surface area contributed by atoms with Gasteiger partial charge in [0, 0.05) is 13.2 Å². The van der Waals surface area contributed by atoms with Crippen LogP contribution in [-0.4, -0.2) is 21.9 Å². The van der Waals surface area contributed by atoms with Gasteiger partial charge in [0.1, 0.15) is 19.0 Å². The Labute approximate surface area is 93.0 Å². The zero-order valence-corrected chi connectivity index (χ0v) is 8.82. The molecular formula is C8H10F3N3O3. The minimum absolute atomic E-state index is 0.247. The lowest BCUT2D eigenvalue weighted by Gasteiger charge is -2.10. The van der Waals surface area contributed by atoms with E-state index in [1.54, 1.807) is 0 Å². The number of hydrogen-bond donors (Lipinski definition) is 1. The number of halogens is 3. The minimum atomic E-state index is -4.52. The lowest BCUT2D eigenvalue weighted by Crippen LogP contribution is -2.40. The molecule has 0 bridgehead atoms. The second-order valence-electron chi connectivity index (χ2n) is 3.30. The Kier molecular flexibility index (Phi) is 3.61. The highest BCUT2D eigenvalue weighted by Gasteiger charge is 2.27. The van der Waals surface area contributed by atoms with E-state index in [4.69, 9.17) is 5.73 Å². The van der Waals surface area contributed by atoms with Crippen molar-refractivity contribution in [2.45, 2.75) is 12.9 Å². The van der Waals surface area contributed by atoms with E-state index in [2.05, 4.69) is 4.74 Å². The first kappa shape index (κ1) is 13.3. The Bertz CT molecular complexity index is 483. The molecule has 1 aromatic heterocycles. The number of nitrogens with two attached hydrogens (primary N) is 1. The lowest BCUT2D eigenvalue weighted by molar-refractivity contribution is -0.182. The summed E-state index contributed by atoms with van der Waals surface area (Å²) in [7, 11) is 1.32. The van der Waals surface area contributed by atoms with Crippen LogP contribution in [0.4, 0.5) is 18.9 Å². The molecule has 1 aromatic rings. The first-order valence-electron chi connectivity index (χ1n) is 4.43. The van der Waals surface area contributed by atoms with Crippen LogP contribution in [0.25, 0.3) is 0 Å². The summed E-state index contributed by atoms with van der Waals surface area (Å²) in [4.78, 5) is 22.8. The number of aryl methyl sites for hydroxylation is 1. The summed E-state index contributed by atoms with van der Waals surface area (Å²) >= 11 is 0. The smallest absolute Gasteiger partial charge is 0.393 e. The van der Waals surface area contributed by atoms with Gasteiger partial charge in [-0.3, -0.25) is 4.79 Å². The third-order valence-electron chi connectivity index (χ3n) is 1.84. The molecule has 0 amide bonds. The number of anilines is 1. The Morgan fingerprint density at radius 2 is 2.00 bits per heavy atom. The van der Waals surface area contributed by atoms with Crippen LogP contribution in [0.2, 0.25) is 0 Å². The maximum absolute atomic E-state index is 11.8. The van der Waals surface area contributed by atoms with Crippen molar-refractivity contribution in [3.8, 4) is 0 Å². The lowest BCUT2D eigenvalue weighted by atomic mass is 10.5. The molecule has 1 rings (SSSR count). The molecular weight excluding hydrogens is 243 g/mol. The molecule has 1 heterocycles. The number of ether oxygens (including phenoxy) is 1. The van der Waals surface area contributed by atoms with Crippen molar-refractivity contribution >= 4 is 5.69 Å². The Morgan fingerprint density at radius 3 is 2.53 bits per heavy atom. The zero-order valence-electron chi connectivity index (χ0n) is 8.82. The fourth-order valence-electron chi connectivity index (χ4n) is 1.12. The number of aromatic nitrogens is 2. The molecule has 0 unspecified atom stereocenters. The molecule has 0 aliphatic rings. The summed E-state index contributed by atoms with van der Waals surface area (Å²) in [5.41, 5.74) is 3.35. The van der Waals surface area contributed by atoms with E-state index in [-0.39, 0.29) is 5.69 Å². The van der Waals surface area contributed by atoms with Crippen LogP contribution in [0.1, 0.15) is 0 Å². The molecule has 0 spiro atoms. The second-order valence-corrected chi connectivity index (χ2v) is 3.30. The fraction of sp³-hybridized carbons (Fsp3) is 0.500. The number of nitrogen functional groups attached to an aromatic ring is 1. The monoisotopic (exact) mass is 253 g/mol. The van der Waals surface area contributed by atoms with Crippen LogP contribution in [0, 0.1) is 0 Å². The Hall–Kier alpha value is -1.77. The van der Waals surface area contributed by atoms with Crippen LogP contribution in [-0.2, 0) is 18.5 Å². The predicted octanol–water partition coefficient (Wildman–Crippen LogP) is -0.334.